The summed E-state index contributed by atoms with van der Waals surface area (Å²) in [5.74, 6) is -0.339. The lowest BCUT2D eigenvalue weighted by atomic mass is 10.1. The Labute approximate surface area is 200 Å². The fourth-order valence-corrected chi connectivity index (χ4v) is 4.66. The Hall–Kier alpha value is -2.74. The maximum Gasteiger partial charge on any atom is 0.279 e. The molecule has 0 radical (unpaired) electrons. The zero-order valence-corrected chi connectivity index (χ0v) is 20.4. The van der Waals surface area contributed by atoms with Crippen LogP contribution in [-0.4, -0.2) is 25.9 Å². The van der Waals surface area contributed by atoms with Crippen LogP contribution in [0.3, 0.4) is 0 Å². The Morgan fingerprint density at radius 1 is 1.06 bits per heavy atom. The highest BCUT2D eigenvalue weighted by Gasteiger charge is 2.20. The largest absolute Gasteiger partial charge is 0.296 e. The molecule has 0 fully saturated rings. The molecule has 0 saturated carbocycles. The van der Waals surface area contributed by atoms with Crippen LogP contribution in [0.1, 0.15) is 43.4 Å². The first-order valence-electron chi connectivity index (χ1n) is 9.94. The number of nitrogens with one attached hydrogen (secondary N) is 1. The van der Waals surface area contributed by atoms with Gasteiger partial charge in [0.05, 0.1) is 27.1 Å². The fraction of sp³-hybridized carbons (Fsp3) is 0.217. The predicted molar refractivity (Wildman–Crippen MR) is 130 cm³/mol. The molecule has 0 aliphatic carbocycles. The number of aromatic nitrogens is 4. The number of amides is 1. The molecule has 0 aliphatic heterocycles. The summed E-state index contributed by atoms with van der Waals surface area (Å²) in [6, 6.07) is 11.6. The van der Waals surface area contributed by atoms with Crippen LogP contribution >= 0.6 is 34.5 Å². The average molecular weight is 486 g/mol. The summed E-state index contributed by atoms with van der Waals surface area (Å²) in [4.78, 5) is 18.4. The predicted octanol–water partition coefficient (Wildman–Crippen LogP) is 6.11. The highest BCUT2D eigenvalue weighted by molar-refractivity contribution is 7.15. The van der Waals surface area contributed by atoms with E-state index in [2.05, 4.69) is 20.6 Å². The van der Waals surface area contributed by atoms with Gasteiger partial charge in [0.1, 0.15) is 0 Å². The van der Waals surface area contributed by atoms with Crippen LogP contribution in [0.5, 0.6) is 0 Å². The molecular weight excluding hydrogens is 465 g/mol. The molecule has 9 heteroatoms. The van der Waals surface area contributed by atoms with Crippen molar-refractivity contribution in [3.8, 4) is 5.69 Å². The van der Waals surface area contributed by atoms with E-state index >= 15 is 0 Å². The molecule has 0 saturated heterocycles. The van der Waals surface area contributed by atoms with Gasteiger partial charge in [-0.25, -0.2) is 9.67 Å². The number of carbonyl (C=O) groups is 1. The monoisotopic (exact) mass is 485 g/mol. The summed E-state index contributed by atoms with van der Waals surface area (Å²) < 4.78 is 1.69. The number of hydrogen-bond acceptors (Lipinski definition) is 5. The fourth-order valence-electron chi connectivity index (χ4n) is 3.35. The van der Waals surface area contributed by atoms with Crippen molar-refractivity contribution in [1.29, 1.82) is 0 Å². The number of nitrogens with zero attached hydrogens (tertiary/aromatic N) is 4. The number of anilines is 1. The van der Waals surface area contributed by atoms with Gasteiger partial charge in [-0.3, -0.25) is 10.1 Å². The first-order valence-corrected chi connectivity index (χ1v) is 11.5. The Morgan fingerprint density at radius 2 is 1.84 bits per heavy atom. The number of benzene rings is 2. The molecule has 0 atom stereocenters. The second-order valence-corrected chi connectivity index (χ2v) is 9.53. The molecule has 1 N–H and O–H groups in total. The van der Waals surface area contributed by atoms with Gasteiger partial charge in [-0.05, 0) is 62.6 Å². The molecule has 0 spiro atoms. The zero-order chi connectivity index (χ0) is 23.0. The number of carbonyl (C=O) groups excluding carboxylic acids is 1. The molecule has 1 amide bonds. The van der Waals surface area contributed by atoms with E-state index in [-0.39, 0.29) is 11.6 Å². The summed E-state index contributed by atoms with van der Waals surface area (Å²) in [6.07, 6.45) is 0.651. The van der Waals surface area contributed by atoms with Gasteiger partial charge in [-0.2, -0.15) is 0 Å². The van der Waals surface area contributed by atoms with Crippen LogP contribution in [0.2, 0.25) is 10.0 Å². The average Bonchev–Trinajstić information content (AvgIpc) is 3.28. The maximum atomic E-state index is 12.9. The van der Waals surface area contributed by atoms with E-state index in [9.17, 15) is 4.79 Å². The Morgan fingerprint density at radius 3 is 2.59 bits per heavy atom. The molecule has 0 unspecified atom stereocenters. The summed E-state index contributed by atoms with van der Waals surface area (Å²) in [7, 11) is 0. The molecule has 32 heavy (non-hydrogen) atoms. The normalized spacial score (nSPS) is 11.1. The number of hydrogen-bond donors (Lipinski definition) is 1. The van der Waals surface area contributed by atoms with Gasteiger partial charge < -0.3 is 0 Å². The summed E-state index contributed by atoms with van der Waals surface area (Å²) in [5, 5.41) is 12.8. The minimum Gasteiger partial charge on any atom is -0.296 e. The molecular formula is C23H21Cl2N5OS. The van der Waals surface area contributed by atoms with E-state index in [0.29, 0.717) is 27.3 Å². The van der Waals surface area contributed by atoms with Crippen molar-refractivity contribution in [3.05, 3.63) is 85.1 Å². The summed E-state index contributed by atoms with van der Waals surface area (Å²) in [5.41, 5.74) is 5.88. The molecule has 2 heterocycles. The second-order valence-electron chi connectivity index (χ2n) is 7.63. The van der Waals surface area contributed by atoms with Crippen molar-refractivity contribution < 1.29 is 4.79 Å². The van der Waals surface area contributed by atoms with Crippen molar-refractivity contribution >= 4 is 45.6 Å². The third kappa shape index (κ3) is 4.55. The number of aryl methyl sites for hydroxylation is 3. The first-order chi connectivity index (χ1) is 15.2. The lowest BCUT2D eigenvalue weighted by molar-refractivity contribution is 0.102. The SMILES string of the molecule is Cc1ccc(C)c(-n2nnc(C(=O)Nc3nc(C)c(Cc4ccc(Cl)c(Cl)c4)s3)c2C)c1. The topological polar surface area (TPSA) is 72.7 Å². The number of halogens is 2. The van der Waals surface area contributed by atoms with Crippen LogP contribution in [0.25, 0.3) is 5.69 Å². The molecule has 6 nitrogen and oxygen atoms in total. The molecule has 4 aromatic rings. The zero-order valence-electron chi connectivity index (χ0n) is 18.0. The van der Waals surface area contributed by atoms with Crippen LogP contribution in [-0.2, 0) is 6.42 Å². The molecule has 0 bridgehead atoms. The van der Waals surface area contributed by atoms with Crippen LogP contribution in [0.15, 0.2) is 36.4 Å². The molecule has 0 aliphatic rings. The van der Waals surface area contributed by atoms with E-state index in [1.165, 1.54) is 11.3 Å². The number of thiazole rings is 1. The lowest BCUT2D eigenvalue weighted by Crippen LogP contribution is -2.14. The van der Waals surface area contributed by atoms with E-state index in [1.807, 2.05) is 58.0 Å². The number of rotatable bonds is 5. The highest BCUT2D eigenvalue weighted by atomic mass is 35.5. The van der Waals surface area contributed by atoms with Crippen molar-refractivity contribution in [2.45, 2.75) is 34.1 Å². The van der Waals surface area contributed by atoms with Crippen molar-refractivity contribution in [3.63, 3.8) is 0 Å². The van der Waals surface area contributed by atoms with Crippen LogP contribution in [0.4, 0.5) is 5.13 Å². The van der Waals surface area contributed by atoms with E-state index in [0.717, 1.165) is 32.9 Å². The summed E-state index contributed by atoms with van der Waals surface area (Å²) in [6.45, 7) is 7.77. The van der Waals surface area contributed by atoms with E-state index in [1.54, 1.807) is 10.7 Å². The van der Waals surface area contributed by atoms with Crippen molar-refractivity contribution in [2.24, 2.45) is 0 Å². The van der Waals surface area contributed by atoms with E-state index < -0.39 is 0 Å². The summed E-state index contributed by atoms with van der Waals surface area (Å²) >= 11 is 13.6. The van der Waals surface area contributed by atoms with Crippen LogP contribution in [0, 0.1) is 27.7 Å². The molecule has 2 aromatic carbocycles. The van der Waals surface area contributed by atoms with Gasteiger partial charge >= 0.3 is 0 Å². The standard InChI is InChI=1S/C23H21Cl2N5OS/c1-12-5-6-13(2)19(9-12)30-15(4)21(28-29-30)22(31)27-23-26-14(3)20(32-23)11-16-7-8-17(24)18(25)10-16/h5-10H,11H2,1-4H3,(H,26,27,31). The van der Waals surface area contributed by atoms with Gasteiger partial charge in [0.2, 0.25) is 0 Å². The Bertz CT molecular complexity index is 1330. The lowest BCUT2D eigenvalue weighted by Gasteiger charge is -2.08. The third-order valence-electron chi connectivity index (χ3n) is 5.16. The smallest absolute Gasteiger partial charge is 0.279 e. The van der Waals surface area contributed by atoms with Gasteiger partial charge in [0.15, 0.2) is 10.8 Å². The van der Waals surface area contributed by atoms with Gasteiger partial charge in [0, 0.05) is 11.3 Å². The highest BCUT2D eigenvalue weighted by Crippen LogP contribution is 2.29. The van der Waals surface area contributed by atoms with Crippen molar-refractivity contribution in [1.82, 2.24) is 20.0 Å². The quantitative estimate of drug-likeness (QED) is 0.370. The minimum atomic E-state index is -0.339. The van der Waals surface area contributed by atoms with Crippen molar-refractivity contribution in [2.75, 3.05) is 5.32 Å². The molecule has 2 aromatic heterocycles. The Kier molecular flexibility index (Phi) is 6.33. The minimum absolute atomic E-state index is 0.268. The maximum absolute atomic E-state index is 12.9. The Balaban J connectivity index is 1.54. The van der Waals surface area contributed by atoms with Gasteiger partial charge in [-0.1, -0.05) is 46.6 Å². The van der Waals surface area contributed by atoms with Gasteiger partial charge in [0.25, 0.3) is 5.91 Å². The van der Waals surface area contributed by atoms with Gasteiger partial charge in [-0.15, -0.1) is 16.4 Å². The van der Waals surface area contributed by atoms with E-state index in [4.69, 9.17) is 23.2 Å². The first kappa shape index (κ1) is 22.5. The van der Waals surface area contributed by atoms with Crippen LogP contribution < -0.4 is 5.32 Å². The third-order valence-corrected chi connectivity index (χ3v) is 6.98. The molecule has 164 valence electrons. The second kappa shape index (κ2) is 9.02. The molecule has 4 rings (SSSR count).